The molecule has 0 aromatic heterocycles. The van der Waals surface area contributed by atoms with E-state index in [0.29, 0.717) is 48.7 Å². The number of hydrogen-bond acceptors (Lipinski definition) is 7. The Bertz CT molecular complexity index is 715. The number of nitrogens with zero attached hydrogens (tertiary/aromatic N) is 2. The first-order valence-corrected chi connectivity index (χ1v) is 8.58. The highest BCUT2D eigenvalue weighted by molar-refractivity contribution is 5.98. The number of likely N-dealkylation sites (tertiary alicyclic amines) is 1. The predicted octanol–water partition coefficient (Wildman–Crippen LogP) is 1.30. The largest absolute Gasteiger partial charge is 0.493 e. The third-order valence-electron chi connectivity index (χ3n) is 4.81. The number of rotatable bonds is 5. The summed E-state index contributed by atoms with van der Waals surface area (Å²) in [6, 6.07) is 2.98. The summed E-state index contributed by atoms with van der Waals surface area (Å²) >= 11 is 0. The molecule has 0 unspecified atom stereocenters. The Morgan fingerprint density at radius 1 is 1.04 bits per heavy atom. The summed E-state index contributed by atoms with van der Waals surface area (Å²) in [5.41, 5.74) is 0.416. The van der Waals surface area contributed by atoms with Crippen molar-refractivity contribution in [2.45, 2.75) is 18.9 Å². The van der Waals surface area contributed by atoms with Crippen LogP contribution in [0, 0.1) is 0 Å². The highest BCUT2D eigenvalue weighted by Gasteiger charge is 2.39. The van der Waals surface area contributed by atoms with Crippen LogP contribution >= 0.6 is 0 Å². The lowest BCUT2D eigenvalue weighted by molar-refractivity contribution is -0.127. The van der Waals surface area contributed by atoms with E-state index >= 15 is 0 Å². The number of carbonyl (C=O) groups is 3. The summed E-state index contributed by atoms with van der Waals surface area (Å²) in [6.07, 6.45) is 0.419. The zero-order chi connectivity index (χ0) is 19.6. The summed E-state index contributed by atoms with van der Waals surface area (Å²) in [5, 5.41) is 0. The van der Waals surface area contributed by atoms with Gasteiger partial charge in [0, 0.05) is 24.7 Å². The lowest BCUT2D eigenvalue weighted by Gasteiger charge is -2.34. The molecule has 0 aliphatic carbocycles. The second kappa shape index (κ2) is 7.73. The van der Waals surface area contributed by atoms with Gasteiger partial charge < -0.3 is 23.8 Å². The van der Waals surface area contributed by atoms with Gasteiger partial charge in [-0.25, -0.2) is 9.69 Å². The van der Waals surface area contributed by atoms with Crippen LogP contribution in [0.1, 0.15) is 23.2 Å². The quantitative estimate of drug-likeness (QED) is 0.762. The minimum Gasteiger partial charge on any atom is -0.493 e. The van der Waals surface area contributed by atoms with Crippen molar-refractivity contribution in [1.82, 2.24) is 9.80 Å². The van der Waals surface area contributed by atoms with Gasteiger partial charge in [-0.15, -0.1) is 0 Å². The highest BCUT2D eigenvalue weighted by Crippen LogP contribution is 2.38. The SMILES string of the molecule is COc1cc(C(=O)N2CCC(N3C(=O)COC3=O)CC2)cc(OC)c1OC. The predicted molar refractivity (Wildman–Crippen MR) is 93.2 cm³/mol. The second-order valence-corrected chi connectivity index (χ2v) is 6.26. The molecule has 2 aliphatic heterocycles. The van der Waals surface area contributed by atoms with Crippen molar-refractivity contribution in [3.63, 3.8) is 0 Å². The lowest BCUT2D eigenvalue weighted by atomic mass is 10.0. The van der Waals surface area contributed by atoms with Gasteiger partial charge in [0.05, 0.1) is 21.3 Å². The minimum absolute atomic E-state index is 0.178. The maximum Gasteiger partial charge on any atom is 0.417 e. The van der Waals surface area contributed by atoms with Gasteiger partial charge in [0.15, 0.2) is 18.1 Å². The number of methoxy groups -OCH3 is 3. The van der Waals surface area contributed by atoms with Crippen LogP contribution < -0.4 is 14.2 Å². The number of piperidine rings is 1. The Labute approximate surface area is 156 Å². The Kier molecular flexibility index (Phi) is 5.38. The van der Waals surface area contributed by atoms with E-state index in [2.05, 4.69) is 0 Å². The molecule has 1 aromatic carbocycles. The van der Waals surface area contributed by atoms with E-state index < -0.39 is 6.09 Å². The Morgan fingerprint density at radius 3 is 2.07 bits per heavy atom. The van der Waals surface area contributed by atoms with Gasteiger partial charge >= 0.3 is 6.09 Å². The molecule has 0 bridgehead atoms. The molecule has 0 N–H and O–H groups in total. The van der Waals surface area contributed by atoms with Crippen LogP contribution in [-0.4, -0.2) is 74.8 Å². The van der Waals surface area contributed by atoms with Crippen molar-refractivity contribution in [2.75, 3.05) is 41.0 Å². The molecule has 2 heterocycles. The maximum atomic E-state index is 12.9. The number of amides is 3. The van der Waals surface area contributed by atoms with E-state index in [1.807, 2.05) is 0 Å². The first kappa shape index (κ1) is 18.8. The van der Waals surface area contributed by atoms with Gasteiger partial charge in [-0.2, -0.15) is 0 Å². The molecule has 2 aliphatic rings. The summed E-state index contributed by atoms with van der Waals surface area (Å²) in [7, 11) is 4.48. The van der Waals surface area contributed by atoms with Crippen molar-refractivity contribution in [1.29, 1.82) is 0 Å². The Hall–Kier alpha value is -2.97. The van der Waals surface area contributed by atoms with Crippen molar-refractivity contribution in [2.24, 2.45) is 0 Å². The summed E-state index contributed by atoms with van der Waals surface area (Å²) in [6.45, 7) is 0.651. The Balaban J connectivity index is 1.72. The van der Waals surface area contributed by atoms with Gasteiger partial charge in [-0.1, -0.05) is 0 Å². The van der Waals surface area contributed by atoms with E-state index in [4.69, 9.17) is 18.9 Å². The van der Waals surface area contributed by atoms with Gasteiger partial charge in [0.25, 0.3) is 11.8 Å². The molecule has 3 rings (SSSR count). The van der Waals surface area contributed by atoms with Gasteiger partial charge in [-0.3, -0.25) is 9.59 Å². The van der Waals surface area contributed by atoms with Gasteiger partial charge in [0.1, 0.15) is 0 Å². The van der Waals surface area contributed by atoms with Gasteiger partial charge in [0.2, 0.25) is 5.75 Å². The summed E-state index contributed by atoms with van der Waals surface area (Å²) in [5.74, 6) is 0.722. The molecule has 0 spiro atoms. The molecule has 0 radical (unpaired) electrons. The molecule has 2 saturated heterocycles. The van der Waals surface area contributed by atoms with Crippen molar-refractivity contribution < 1.29 is 33.3 Å². The van der Waals surface area contributed by atoms with E-state index in [1.54, 1.807) is 17.0 Å². The standard InChI is InChI=1S/C18H22N2O7/c1-24-13-8-11(9-14(25-2)16(13)26-3)17(22)19-6-4-12(5-7-19)20-15(21)10-27-18(20)23/h8-9,12H,4-7,10H2,1-3H3. The highest BCUT2D eigenvalue weighted by atomic mass is 16.6. The topological polar surface area (TPSA) is 94.6 Å². The fourth-order valence-electron chi connectivity index (χ4n) is 3.43. The molecule has 9 heteroatoms. The van der Waals surface area contributed by atoms with Gasteiger partial charge in [-0.05, 0) is 25.0 Å². The molecular formula is C18H22N2O7. The summed E-state index contributed by atoms with van der Waals surface area (Å²) < 4.78 is 20.6. The first-order chi connectivity index (χ1) is 13.0. The van der Waals surface area contributed by atoms with E-state index in [9.17, 15) is 14.4 Å². The monoisotopic (exact) mass is 378 g/mol. The van der Waals surface area contributed by atoms with E-state index in [1.165, 1.54) is 26.2 Å². The molecule has 9 nitrogen and oxygen atoms in total. The maximum absolute atomic E-state index is 12.9. The number of imide groups is 1. The van der Waals surface area contributed by atoms with Crippen LogP contribution in [0.4, 0.5) is 4.79 Å². The van der Waals surface area contributed by atoms with Crippen molar-refractivity contribution >= 4 is 17.9 Å². The number of carbonyl (C=O) groups excluding carboxylic acids is 3. The summed E-state index contributed by atoms with van der Waals surface area (Å²) in [4.78, 5) is 39.2. The van der Waals surface area contributed by atoms with E-state index in [-0.39, 0.29) is 24.5 Å². The average Bonchev–Trinajstić information content (AvgIpc) is 3.04. The van der Waals surface area contributed by atoms with Crippen LogP contribution in [0.3, 0.4) is 0 Å². The van der Waals surface area contributed by atoms with E-state index in [0.717, 1.165) is 0 Å². The van der Waals surface area contributed by atoms with Crippen LogP contribution in [0.5, 0.6) is 17.2 Å². The second-order valence-electron chi connectivity index (χ2n) is 6.26. The molecular weight excluding hydrogens is 356 g/mol. The smallest absolute Gasteiger partial charge is 0.417 e. The Morgan fingerprint density at radius 2 is 1.63 bits per heavy atom. The molecule has 146 valence electrons. The number of benzene rings is 1. The molecule has 0 saturated carbocycles. The fourth-order valence-corrected chi connectivity index (χ4v) is 3.43. The number of ether oxygens (including phenoxy) is 4. The zero-order valence-corrected chi connectivity index (χ0v) is 15.5. The number of cyclic esters (lactones) is 1. The molecule has 27 heavy (non-hydrogen) atoms. The average molecular weight is 378 g/mol. The third-order valence-corrected chi connectivity index (χ3v) is 4.81. The first-order valence-electron chi connectivity index (χ1n) is 8.58. The fraction of sp³-hybridized carbons (Fsp3) is 0.500. The van der Waals surface area contributed by atoms with Crippen molar-refractivity contribution in [3.8, 4) is 17.2 Å². The zero-order valence-electron chi connectivity index (χ0n) is 15.5. The van der Waals surface area contributed by atoms with Crippen LogP contribution in [0.2, 0.25) is 0 Å². The van der Waals surface area contributed by atoms with Crippen LogP contribution in [-0.2, 0) is 9.53 Å². The minimum atomic E-state index is -0.602. The number of hydrogen-bond donors (Lipinski definition) is 0. The van der Waals surface area contributed by atoms with Crippen LogP contribution in [0.15, 0.2) is 12.1 Å². The van der Waals surface area contributed by atoms with Crippen molar-refractivity contribution in [3.05, 3.63) is 17.7 Å². The van der Waals surface area contributed by atoms with Crippen LogP contribution in [0.25, 0.3) is 0 Å². The molecule has 3 amide bonds. The normalized spacial score (nSPS) is 17.7. The molecule has 0 atom stereocenters. The lowest BCUT2D eigenvalue weighted by Crippen LogP contribution is -2.48. The third kappa shape index (κ3) is 3.49. The molecule has 1 aromatic rings. The molecule has 2 fully saturated rings.